The molecule has 0 atom stereocenters. The highest BCUT2D eigenvalue weighted by atomic mass is 32.2. The lowest BCUT2D eigenvalue weighted by molar-refractivity contribution is -0.387. The lowest BCUT2D eigenvalue weighted by atomic mass is 9.85. The summed E-state index contributed by atoms with van der Waals surface area (Å²) in [4.78, 5) is 34.3. The molecule has 0 aromatic heterocycles. The zero-order valence-corrected chi connectivity index (χ0v) is 15.9. The number of hydrogen-bond donors (Lipinski definition) is 2. The molecule has 0 unspecified atom stereocenters. The molecule has 8 heteroatoms. The van der Waals surface area contributed by atoms with E-state index in [9.17, 15) is 19.7 Å². The van der Waals surface area contributed by atoms with Gasteiger partial charge in [-0.25, -0.2) is 0 Å². The Hall–Kier alpha value is -2.87. The number of carbonyl (C=O) groups excluding carboxylic acids is 2. The number of primary amides is 1. The van der Waals surface area contributed by atoms with Crippen LogP contribution in [0, 0.1) is 10.1 Å². The minimum Gasteiger partial charge on any atom is -0.366 e. The van der Waals surface area contributed by atoms with E-state index in [1.807, 2.05) is 44.2 Å². The molecule has 2 amide bonds. The van der Waals surface area contributed by atoms with Crippen LogP contribution in [0.3, 0.4) is 0 Å². The summed E-state index contributed by atoms with van der Waals surface area (Å²) in [5, 5.41) is 14.1. The average Bonchev–Trinajstić information content (AvgIpc) is 2.65. The van der Waals surface area contributed by atoms with Crippen molar-refractivity contribution in [3.05, 3.63) is 69.8 Å². The van der Waals surface area contributed by atoms with Gasteiger partial charge in [0.15, 0.2) is 0 Å². The highest BCUT2D eigenvalue weighted by molar-refractivity contribution is 8.00. The van der Waals surface area contributed by atoms with Gasteiger partial charge < -0.3 is 11.1 Å². The SMILES string of the molecule is CC(C)(CNC(=O)CSc1ccc(C(N)=O)cc1[N+](=O)[O-])c1ccccc1. The van der Waals surface area contributed by atoms with Gasteiger partial charge in [0.1, 0.15) is 0 Å². The summed E-state index contributed by atoms with van der Waals surface area (Å²) < 4.78 is 0. The number of nitrogens with two attached hydrogens (primary N) is 1. The number of carbonyl (C=O) groups is 2. The van der Waals surface area contributed by atoms with Gasteiger partial charge >= 0.3 is 0 Å². The summed E-state index contributed by atoms with van der Waals surface area (Å²) in [7, 11) is 0. The third-order valence-corrected chi connectivity index (χ3v) is 5.14. The van der Waals surface area contributed by atoms with E-state index in [2.05, 4.69) is 5.32 Å². The van der Waals surface area contributed by atoms with Crippen LogP contribution >= 0.6 is 11.8 Å². The molecule has 0 saturated carbocycles. The molecule has 0 aliphatic heterocycles. The van der Waals surface area contributed by atoms with Gasteiger partial charge in [0.2, 0.25) is 11.8 Å². The predicted molar refractivity (Wildman–Crippen MR) is 105 cm³/mol. The van der Waals surface area contributed by atoms with Crippen molar-refractivity contribution >= 4 is 29.3 Å². The molecule has 0 aliphatic rings. The number of hydrogen-bond acceptors (Lipinski definition) is 5. The Balaban J connectivity index is 1.97. The van der Waals surface area contributed by atoms with Crippen LogP contribution in [0.1, 0.15) is 29.8 Å². The molecule has 0 fully saturated rings. The second-order valence-electron chi connectivity index (χ2n) is 6.62. The number of thioether (sulfide) groups is 1. The zero-order valence-electron chi connectivity index (χ0n) is 15.1. The smallest absolute Gasteiger partial charge is 0.283 e. The molecule has 7 nitrogen and oxygen atoms in total. The largest absolute Gasteiger partial charge is 0.366 e. The third kappa shape index (κ3) is 5.55. The first kappa shape index (κ1) is 20.4. The van der Waals surface area contributed by atoms with Crippen LogP contribution in [0.5, 0.6) is 0 Å². The fraction of sp³-hybridized carbons (Fsp3) is 0.263. The maximum atomic E-state index is 12.2. The van der Waals surface area contributed by atoms with Crippen LogP contribution in [-0.2, 0) is 10.2 Å². The highest BCUT2D eigenvalue weighted by Gasteiger charge is 2.22. The summed E-state index contributed by atoms with van der Waals surface area (Å²) in [6.45, 7) is 4.51. The summed E-state index contributed by atoms with van der Waals surface area (Å²) in [6.07, 6.45) is 0. The van der Waals surface area contributed by atoms with E-state index in [-0.39, 0.29) is 28.3 Å². The summed E-state index contributed by atoms with van der Waals surface area (Å²) in [5.41, 5.74) is 5.83. The van der Waals surface area contributed by atoms with Crippen LogP contribution in [-0.4, -0.2) is 29.0 Å². The van der Waals surface area contributed by atoms with E-state index >= 15 is 0 Å². The number of nitrogens with one attached hydrogen (secondary N) is 1. The minimum atomic E-state index is -0.740. The van der Waals surface area contributed by atoms with Crippen LogP contribution in [0.25, 0.3) is 0 Å². The fourth-order valence-corrected chi connectivity index (χ4v) is 3.27. The summed E-state index contributed by atoms with van der Waals surface area (Å²) in [6, 6.07) is 13.8. The number of nitro groups is 1. The lowest BCUT2D eigenvalue weighted by Crippen LogP contribution is -2.37. The fourth-order valence-electron chi connectivity index (χ4n) is 2.44. The molecular formula is C19H21N3O4S. The Morgan fingerprint density at radius 3 is 2.44 bits per heavy atom. The summed E-state index contributed by atoms with van der Waals surface area (Å²) >= 11 is 1.04. The summed E-state index contributed by atoms with van der Waals surface area (Å²) in [5.74, 6) is -0.936. The van der Waals surface area contributed by atoms with Gasteiger partial charge in [-0.15, -0.1) is 11.8 Å². The normalized spacial score (nSPS) is 11.0. The lowest BCUT2D eigenvalue weighted by Gasteiger charge is -2.25. The Kier molecular flexibility index (Phi) is 6.57. The van der Waals surface area contributed by atoms with Crippen LogP contribution in [0.15, 0.2) is 53.4 Å². The van der Waals surface area contributed by atoms with E-state index in [1.54, 1.807) is 0 Å². The van der Waals surface area contributed by atoms with Gasteiger partial charge in [-0.2, -0.15) is 0 Å². The first-order valence-electron chi connectivity index (χ1n) is 8.24. The van der Waals surface area contributed by atoms with Crippen LogP contribution in [0.2, 0.25) is 0 Å². The second-order valence-corrected chi connectivity index (χ2v) is 7.64. The monoisotopic (exact) mass is 387 g/mol. The van der Waals surface area contributed by atoms with Crippen molar-refractivity contribution in [1.29, 1.82) is 0 Å². The van der Waals surface area contributed by atoms with E-state index in [4.69, 9.17) is 5.73 Å². The van der Waals surface area contributed by atoms with Crippen molar-refractivity contribution in [1.82, 2.24) is 5.32 Å². The molecule has 0 heterocycles. The molecule has 2 rings (SSSR count). The quantitative estimate of drug-likeness (QED) is 0.410. The number of amides is 2. The molecule has 27 heavy (non-hydrogen) atoms. The van der Waals surface area contributed by atoms with Gasteiger partial charge in [-0.3, -0.25) is 19.7 Å². The maximum Gasteiger partial charge on any atom is 0.283 e. The van der Waals surface area contributed by atoms with Crippen molar-refractivity contribution in [2.45, 2.75) is 24.2 Å². The number of nitro benzene ring substituents is 1. The van der Waals surface area contributed by atoms with Crippen molar-refractivity contribution < 1.29 is 14.5 Å². The Bertz CT molecular complexity index is 853. The molecule has 0 spiro atoms. The second kappa shape index (κ2) is 8.68. The van der Waals surface area contributed by atoms with Crippen molar-refractivity contribution in [3.8, 4) is 0 Å². The first-order chi connectivity index (χ1) is 12.7. The van der Waals surface area contributed by atoms with Gasteiger partial charge in [-0.05, 0) is 17.7 Å². The van der Waals surface area contributed by atoms with Gasteiger partial charge in [-0.1, -0.05) is 44.2 Å². The van der Waals surface area contributed by atoms with Gasteiger partial charge in [0, 0.05) is 23.6 Å². The predicted octanol–water partition coefficient (Wildman–Crippen LogP) is 2.88. The maximum absolute atomic E-state index is 12.2. The van der Waals surface area contributed by atoms with Crippen molar-refractivity contribution in [2.24, 2.45) is 5.73 Å². The number of nitrogens with zero attached hydrogens (tertiary/aromatic N) is 1. The molecule has 2 aromatic carbocycles. The first-order valence-corrected chi connectivity index (χ1v) is 9.22. The molecule has 2 aromatic rings. The molecule has 0 radical (unpaired) electrons. The van der Waals surface area contributed by atoms with Crippen molar-refractivity contribution in [2.75, 3.05) is 12.3 Å². The molecule has 0 saturated heterocycles. The standard InChI is InChI=1S/C19H21N3O4S/c1-19(2,14-6-4-3-5-7-14)12-21-17(23)11-27-16-9-8-13(18(20)24)10-15(16)22(25)26/h3-10H,11-12H2,1-2H3,(H2,20,24)(H,21,23). The minimum absolute atomic E-state index is 0.0294. The Morgan fingerprint density at radius 2 is 1.85 bits per heavy atom. The third-order valence-electron chi connectivity index (χ3n) is 4.08. The highest BCUT2D eigenvalue weighted by Crippen LogP contribution is 2.30. The van der Waals surface area contributed by atoms with E-state index < -0.39 is 10.8 Å². The van der Waals surface area contributed by atoms with Crippen LogP contribution in [0.4, 0.5) is 5.69 Å². The zero-order chi connectivity index (χ0) is 20.0. The van der Waals surface area contributed by atoms with Gasteiger partial charge in [0.25, 0.3) is 5.69 Å². The van der Waals surface area contributed by atoms with Gasteiger partial charge in [0.05, 0.1) is 15.6 Å². The number of rotatable bonds is 8. The van der Waals surface area contributed by atoms with E-state index in [0.29, 0.717) is 11.4 Å². The van der Waals surface area contributed by atoms with E-state index in [0.717, 1.165) is 23.4 Å². The molecule has 142 valence electrons. The average molecular weight is 387 g/mol. The molecule has 0 aliphatic carbocycles. The van der Waals surface area contributed by atoms with E-state index in [1.165, 1.54) is 12.1 Å². The van der Waals surface area contributed by atoms with Crippen LogP contribution < -0.4 is 11.1 Å². The molecular weight excluding hydrogens is 366 g/mol. The molecule has 0 bridgehead atoms. The Labute approximate surface area is 161 Å². The molecule has 3 N–H and O–H groups in total. The topological polar surface area (TPSA) is 115 Å². The van der Waals surface area contributed by atoms with Crippen molar-refractivity contribution in [3.63, 3.8) is 0 Å². The Morgan fingerprint density at radius 1 is 1.19 bits per heavy atom. The number of benzene rings is 2.